The van der Waals surface area contributed by atoms with Gasteiger partial charge in [0.15, 0.2) is 11.5 Å². The topological polar surface area (TPSA) is 56.7 Å². The van der Waals surface area contributed by atoms with E-state index in [-0.39, 0.29) is 10.7 Å². The van der Waals surface area contributed by atoms with Crippen molar-refractivity contribution in [3.8, 4) is 0 Å². The maximum absolute atomic E-state index is 13.3. The van der Waals surface area contributed by atoms with E-state index in [4.69, 9.17) is 11.6 Å². The molecule has 1 amide bonds. The highest BCUT2D eigenvalue weighted by molar-refractivity contribution is 6.31. The molecule has 0 spiro atoms. The number of amides is 1. The summed E-state index contributed by atoms with van der Waals surface area (Å²) >= 11 is 5.49. The third kappa shape index (κ3) is 4.20. The first-order valence-corrected chi connectivity index (χ1v) is 4.74. The minimum atomic E-state index is -4.64. The molecule has 8 heteroatoms. The van der Waals surface area contributed by atoms with Crippen molar-refractivity contribution in [3.05, 3.63) is 23.0 Å². The second-order valence-electron chi connectivity index (χ2n) is 3.26. The monoisotopic (exact) mass is 271 g/mol. The van der Waals surface area contributed by atoms with Gasteiger partial charge in [-0.2, -0.15) is 13.2 Å². The van der Waals surface area contributed by atoms with Gasteiger partial charge in [-0.25, -0.2) is 4.39 Å². The van der Waals surface area contributed by atoms with Crippen LogP contribution in [-0.4, -0.2) is 12.1 Å². The lowest BCUT2D eigenvalue weighted by Gasteiger charge is -2.09. The Kier molecular flexibility index (Phi) is 3.94. The van der Waals surface area contributed by atoms with Gasteiger partial charge in [0.2, 0.25) is 5.91 Å². The van der Waals surface area contributed by atoms with Gasteiger partial charge in [0.1, 0.15) is 12.1 Å². The highest BCUT2D eigenvalue weighted by Gasteiger charge is 2.31. The highest BCUT2D eigenvalue weighted by atomic mass is 35.5. The van der Waals surface area contributed by atoms with E-state index in [1.807, 2.05) is 5.32 Å². The predicted octanol–water partition coefficient (Wildman–Crippen LogP) is 2.24. The molecular formula is C9H8ClF4N2O+. The van der Waals surface area contributed by atoms with Gasteiger partial charge in [-0.1, -0.05) is 11.6 Å². The van der Waals surface area contributed by atoms with Crippen molar-refractivity contribution >= 4 is 28.9 Å². The lowest BCUT2D eigenvalue weighted by atomic mass is 10.2. The number of nitrogens with one attached hydrogen (secondary N) is 1. The van der Waals surface area contributed by atoms with Gasteiger partial charge in [0, 0.05) is 11.1 Å². The molecule has 0 aromatic heterocycles. The van der Waals surface area contributed by atoms with E-state index in [9.17, 15) is 22.4 Å². The summed E-state index contributed by atoms with van der Waals surface area (Å²) in [6.07, 6.45) is -6.33. The summed E-state index contributed by atoms with van der Waals surface area (Å²) in [6, 6.07) is 2.10. The van der Waals surface area contributed by atoms with Crippen LogP contribution in [0.1, 0.15) is 6.42 Å². The third-order valence-corrected chi connectivity index (χ3v) is 1.98. The van der Waals surface area contributed by atoms with Gasteiger partial charge < -0.3 is 11.1 Å². The number of halogens is 5. The molecule has 0 heterocycles. The van der Waals surface area contributed by atoms with Gasteiger partial charge in [-0.15, -0.1) is 0 Å². The van der Waals surface area contributed by atoms with Crippen LogP contribution in [0.4, 0.5) is 28.9 Å². The van der Waals surface area contributed by atoms with Crippen LogP contribution >= 0.6 is 11.6 Å². The number of benzene rings is 1. The number of carbonyl (C=O) groups is 1. The molecule has 0 aliphatic carbocycles. The Morgan fingerprint density at radius 1 is 1.41 bits per heavy atom. The van der Waals surface area contributed by atoms with Crippen molar-refractivity contribution in [1.82, 2.24) is 0 Å². The molecule has 0 saturated carbocycles. The molecule has 94 valence electrons. The molecule has 1 rings (SSSR count). The van der Waals surface area contributed by atoms with E-state index >= 15 is 0 Å². The van der Waals surface area contributed by atoms with Crippen molar-refractivity contribution in [3.63, 3.8) is 0 Å². The van der Waals surface area contributed by atoms with Gasteiger partial charge >= 0.3 is 6.18 Å². The van der Waals surface area contributed by atoms with Crippen LogP contribution in [0, 0.1) is 5.82 Å². The van der Waals surface area contributed by atoms with Crippen LogP contribution in [0.15, 0.2) is 12.1 Å². The minimum Gasteiger partial charge on any atom is -0.323 e. The Labute approximate surface area is 98.5 Å². The van der Waals surface area contributed by atoms with Crippen LogP contribution in [-0.2, 0) is 4.79 Å². The molecule has 17 heavy (non-hydrogen) atoms. The zero-order valence-electron chi connectivity index (χ0n) is 8.37. The van der Waals surface area contributed by atoms with Crippen molar-refractivity contribution in [2.24, 2.45) is 0 Å². The Morgan fingerprint density at radius 3 is 2.47 bits per heavy atom. The smallest absolute Gasteiger partial charge is 0.323 e. The zero-order chi connectivity index (χ0) is 13.2. The van der Waals surface area contributed by atoms with Crippen LogP contribution in [0.3, 0.4) is 0 Å². The summed E-state index contributed by atoms with van der Waals surface area (Å²) in [6.45, 7) is 0. The number of carbonyl (C=O) groups excluding carboxylic acids is 1. The maximum atomic E-state index is 13.3. The molecule has 0 radical (unpaired) electrons. The lowest BCUT2D eigenvalue weighted by Crippen LogP contribution is -2.41. The fourth-order valence-electron chi connectivity index (χ4n) is 1.13. The molecule has 0 aliphatic heterocycles. The second-order valence-corrected chi connectivity index (χ2v) is 3.70. The molecule has 0 aliphatic rings. The third-order valence-electron chi connectivity index (χ3n) is 1.76. The Hall–Kier alpha value is -1.34. The number of rotatable bonds is 2. The standard InChI is InChI=1S/C9H7ClF4N2O/c10-4-1-5(11)8(6(15)2-4)16-7(17)3-9(12,13)14/h1-2H,3,15H2,(H,16,17)/p+1. The molecular weight excluding hydrogens is 264 g/mol. The van der Waals surface area contributed by atoms with E-state index < -0.39 is 30.0 Å². The number of alkyl halides is 3. The average Bonchev–Trinajstić information content (AvgIpc) is 2.08. The van der Waals surface area contributed by atoms with Gasteiger partial charge in [-0.05, 0) is 6.07 Å². The van der Waals surface area contributed by atoms with Gasteiger partial charge in [0.05, 0.1) is 0 Å². The number of hydrogen-bond acceptors (Lipinski definition) is 1. The van der Waals surface area contributed by atoms with E-state index in [0.717, 1.165) is 6.07 Å². The SMILES string of the molecule is [NH3+]c1cc(Cl)cc(F)c1NC(=O)CC(F)(F)F. The molecule has 3 nitrogen and oxygen atoms in total. The number of quaternary nitrogens is 1. The first kappa shape index (κ1) is 13.7. The van der Waals surface area contributed by atoms with Crippen LogP contribution in [0.5, 0.6) is 0 Å². The number of anilines is 1. The summed E-state index contributed by atoms with van der Waals surface area (Å²) in [7, 11) is 0. The van der Waals surface area contributed by atoms with Crippen LogP contribution in [0.25, 0.3) is 0 Å². The molecule has 0 saturated heterocycles. The van der Waals surface area contributed by atoms with Crippen molar-refractivity contribution in [2.45, 2.75) is 12.6 Å². The molecule has 1 aromatic carbocycles. The number of hydrogen-bond donors (Lipinski definition) is 2. The Balaban J connectivity index is 2.86. The average molecular weight is 272 g/mol. The molecule has 0 fully saturated rings. The van der Waals surface area contributed by atoms with Crippen LogP contribution < -0.4 is 11.1 Å². The van der Waals surface area contributed by atoms with Gasteiger partial charge in [0.25, 0.3) is 0 Å². The largest absolute Gasteiger partial charge is 0.397 e. The first-order chi connectivity index (χ1) is 7.69. The van der Waals surface area contributed by atoms with Crippen molar-refractivity contribution in [2.75, 3.05) is 5.32 Å². The maximum Gasteiger partial charge on any atom is 0.397 e. The normalized spacial score (nSPS) is 11.4. The fraction of sp³-hybridized carbons (Fsp3) is 0.222. The molecule has 0 atom stereocenters. The molecule has 4 N–H and O–H groups in total. The molecule has 0 bridgehead atoms. The van der Waals surface area contributed by atoms with Crippen molar-refractivity contribution in [1.29, 1.82) is 0 Å². The van der Waals surface area contributed by atoms with Gasteiger partial charge in [-0.3, -0.25) is 4.79 Å². The Morgan fingerprint density at radius 2 is 2.00 bits per heavy atom. The minimum absolute atomic E-state index is 0.00512. The summed E-state index contributed by atoms with van der Waals surface area (Å²) in [5.41, 5.74) is 2.98. The molecule has 0 unspecified atom stereocenters. The summed E-state index contributed by atoms with van der Waals surface area (Å²) in [4.78, 5) is 11.0. The van der Waals surface area contributed by atoms with Crippen molar-refractivity contribution < 1.29 is 28.1 Å². The second kappa shape index (κ2) is 4.89. The van der Waals surface area contributed by atoms with E-state index in [1.165, 1.54) is 6.07 Å². The van der Waals surface area contributed by atoms with E-state index in [2.05, 4.69) is 5.73 Å². The Bertz CT molecular complexity index is 424. The first-order valence-electron chi connectivity index (χ1n) is 4.36. The lowest BCUT2D eigenvalue weighted by molar-refractivity contribution is -0.253. The zero-order valence-corrected chi connectivity index (χ0v) is 9.12. The predicted molar refractivity (Wildman–Crippen MR) is 53.3 cm³/mol. The summed E-state index contributed by atoms with van der Waals surface area (Å²) in [5, 5.41) is 1.85. The summed E-state index contributed by atoms with van der Waals surface area (Å²) < 4.78 is 48.9. The molecule has 1 aromatic rings. The quantitative estimate of drug-likeness (QED) is 0.797. The fourth-order valence-corrected chi connectivity index (χ4v) is 1.36. The van der Waals surface area contributed by atoms with E-state index in [1.54, 1.807) is 0 Å². The van der Waals surface area contributed by atoms with Crippen LogP contribution in [0.2, 0.25) is 5.02 Å². The highest BCUT2D eigenvalue weighted by Crippen LogP contribution is 2.27. The van der Waals surface area contributed by atoms with E-state index in [0.29, 0.717) is 0 Å². The summed E-state index contributed by atoms with van der Waals surface area (Å²) in [5.74, 6) is -2.29.